The van der Waals surface area contributed by atoms with Crippen LogP contribution in [-0.4, -0.2) is 27.7 Å². The van der Waals surface area contributed by atoms with Crippen molar-refractivity contribution in [1.29, 1.82) is 0 Å². The van der Waals surface area contributed by atoms with Gasteiger partial charge >= 0.3 is 5.69 Å². The van der Waals surface area contributed by atoms with Gasteiger partial charge in [-0.05, 0) is 12.0 Å². The molecule has 0 bridgehead atoms. The molecule has 0 aromatic carbocycles. The molecule has 1 aromatic heterocycles. The summed E-state index contributed by atoms with van der Waals surface area (Å²) in [6, 6.07) is 2.74. The highest BCUT2D eigenvalue weighted by Crippen LogP contribution is 2.20. The first kappa shape index (κ1) is 13.2. The number of nitro groups is 1. The van der Waals surface area contributed by atoms with Crippen LogP contribution in [0.2, 0.25) is 0 Å². The van der Waals surface area contributed by atoms with Crippen LogP contribution in [0.25, 0.3) is 0 Å². The number of hydrogen-bond donors (Lipinski definition) is 3. The van der Waals surface area contributed by atoms with Crippen molar-refractivity contribution in [1.82, 2.24) is 4.98 Å². The average molecular weight is 240 g/mol. The average Bonchev–Trinajstić information content (AvgIpc) is 2.25. The molecule has 0 saturated carbocycles. The molecule has 4 N–H and O–H groups in total. The molecule has 17 heavy (non-hydrogen) atoms. The number of rotatable bonds is 5. The fraction of sp³-hybridized carbons (Fsp3) is 0.500. The molecule has 0 fully saturated rings. The van der Waals surface area contributed by atoms with Crippen LogP contribution in [-0.2, 0) is 0 Å². The quantitative estimate of drug-likeness (QED) is 0.522. The predicted octanol–water partition coefficient (Wildman–Crippen LogP) is 1.00. The number of nitrogens with zero attached hydrogens (tertiary/aromatic N) is 2. The molecular weight excluding hydrogens is 224 g/mol. The molecule has 0 amide bonds. The summed E-state index contributed by atoms with van der Waals surface area (Å²) in [7, 11) is 0. The molecule has 0 spiro atoms. The SMILES string of the molecule is CC(C)C(O)CNc1ccc([N+](=O)[O-])c(N)n1. The van der Waals surface area contributed by atoms with E-state index in [0.717, 1.165) is 0 Å². The minimum Gasteiger partial charge on any atom is -0.391 e. The number of pyridine rings is 1. The van der Waals surface area contributed by atoms with E-state index in [1.807, 2.05) is 13.8 Å². The first-order valence-corrected chi connectivity index (χ1v) is 5.24. The van der Waals surface area contributed by atoms with Crippen molar-refractivity contribution in [3.05, 3.63) is 22.2 Å². The number of aliphatic hydroxyl groups excluding tert-OH is 1. The molecule has 0 aliphatic carbocycles. The van der Waals surface area contributed by atoms with Crippen LogP contribution in [0.5, 0.6) is 0 Å². The van der Waals surface area contributed by atoms with Crippen molar-refractivity contribution in [2.75, 3.05) is 17.6 Å². The lowest BCUT2D eigenvalue weighted by Crippen LogP contribution is -2.25. The van der Waals surface area contributed by atoms with Crippen molar-refractivity contribution in [3.63, 3.8) is 0 Å². The maximum absolute atomic E-state index is 10.5. The molecule has 1 rings (SSSR count). The number of aliphatic hydroxyl groups is 1. The number of aromatic nitrogens is 1. The lowest BCUT2D eigenvalue weighted by atomic mass is 10.1. The smallest absolute Gasteiger partial charge is 0.311 e. The monoisotopic (exact) mass is 240 g/mol. The van der Waals surface area contributed by atoms with Crippen LogP contribution in [0, 0.1) is 16.0 Å². The molecule has 0 saturated heterocycles. The zero-order valence-corrected chi connectivity index (χ0v) is 9.75. The second kappa shape index (κ2) is 5.44. The Hall–Kier alpha value is -1.89. The van der Waals surface area contributed by atoms with Gasteiger partial charge in [0.2, 0.25) is 5.82 Å². The number of nitrogens with one attached hydrogen (secondary N) is 1. The molecule has 1 atom stereocenters. The second-order valence-corrected chi connectivity index (χ2v) is 4.05. The molecule has 7 nitrogen and oxygen atoms in total. The van der Waals surface area contributed by atoms with Crippen LogP contribution in [0.3, 0.4) is 0 Å². The van der Waals surface area contributed by atoms with Gasteiger partial charge in [-0.2, -0.15) is 0 Å². The molecule has 1 aromatic rings. The van der Waals surface area contributed by atoms with Crippen LogP contribution in [0.4, 0.5) is 17.3 Å². The van der Waals surface area contributed by atoms with Gasteiger partial charge in [0.05, 0.1) is 11.0 Å². The van der Waals surface area contributed by atoms with Crippen LogP contribution in [0.1, 0.15) is 13.8 Å². The Morgan fingerprint density at radius 1 is 1.59 bits per heavy atom. The van der Waals surface area contributed by atoms with E-state index in [1.165, 1.54) is 12.1 Å². The highest BCUT2D eigenvalue weighted by atomic mass is 16.6. The fourth-order valence-electron chi connectivity index (χ4n) is 1.17. The molecule has 94 valence electrons. The molecule has 7 heteroatoms. The van der Waals surface area contributed by atoms with Crippen LogP contribution >= 0.6 is 0 Å². The third-order valence-electron chi connectivity index (χ3n) is 2.36. The number of nitrogens with two attached hydrogens (primary N) is 1. The molecule has 0 aliphatic rings. The first-order valence-electron chi connectivity index (χ1n) is 5.24. The van der Waals surface area contributed by atoms with Gasteiger partial charge in [0.15, 0.2) is 0 Å². The van der Waals surface area contributed by atoms with Crippen molar-refractivity contribution in [3.8, 4) is 0 Å². The zero-order valence-electron chi connectivity index (χ0n) is 9.75. The van der Waals surface area contributed by atoms with Gasteiger partial charge in [-0.25, -0.2) is 4.98 Å². The fourth-order valence-corrected chi connectivity index (χ4v) is 1.17. The van der Waals surface area contributed by atoms with Gasteiger partial charge in [0, 0.05) is 12.6 Å². The highest BCUT2D eigenvalue weighted by Gasteiger charge is 2.14. The van der Waals surface area contributed by atoms with E-state index in [4.69, 9.17) is 5.73 Å². The lowest BCUT2D eigenvalue weighted by molar-refractivity contribution is -0.384. The minimum atomic E-state index is -0.588. The summed E-state index contributed by atoms with van der Waals surface area (Å²) in [5, 5.41) is 23.0. The van der Waals surface area contributed by atoms with E-state index < -0.39 is 11.0 Å². The van der Waals surface area contributed by atoms with E-state index in [2.05, 4.69) is 10.3 Å². The Balaban J connectivity index is 2.68. The lowest BCUT2D eigenvalue weighted by Gasteiger charge is -2.15. The Bertz CT molecular complexity index is 409. The van der Waals surface area contributed by atoms with Crippen molar-refractivity contribution < 1.29 is 10.0 Å². The Morgan fingerprint density at radius 3 is 2.71 bits per heavy atom. The van der Waals surface area contributed by atoms with E-state index in [-0.39, 0.29) is 17.4 Å². The summed E-state index contributed by atoms with van der Waals surface area (Å²) in [6.45, 7) is 4.11. The third kappa shape index (κ3) is 3.56. The van der Waals surface area contributed by atoms with Gasteiger partial charge in [0.25, 0.3) is 0 Å². The standard InChI is InChI=1S/C10H16N4O3/c1-6(2)8(15)5-12-9-4-3-7(14(16)17)10(11)13-9/h3-4,6,8,15H,5H2,1-2H3,(H3,11,12,13). The summed E-state index contributed by atoms with van der Waals surface area (Å²) >= 11 is 0. The van der Waals surface area contributed by atoms with E-state index in [0.29, 0.717) is 12.4 Å². The number of anilines is 2. The van der Waals surface area contributed by atoms with Gasteiger partial charge in [0.1, 0.15) is 5.82 Å². The van der Waals surface area contributed by atoms with Gasteiger partial charge in [-0.1, -0.05) is 13.8 Å². The topological polar surface area (TPSA) is 114 Å². The zero-order chi connectivity index (χ0) is 13.0. The molecule has 1 unspecified atom stereocenters. The van der Waals surface area contributed by atoms with Gasteiger partial charge in [-0.3, -0.25) is 10.1 Å². The third-order valence-corrected chi connectivity index (χ3v) is 2.36. The normalized spacial score (nSPS) is 12.5. The number of nitrogen functional groups attached to an aromatic ring is 1. The van der Waals surface area contributed by atoms with E-state index in [9.17, 15) is 15.2 Å². The summed E-state index contributed by atoms with van der Waals surface area (Å²) in [6.07, 6.45) is -0.506. The maximum Gasteiger partial charge on any atom is 0.311 e. The largest absolute Gasteiger partial charge is 0.391 e. The summed E-state index contributed by atoms with van der Waals surface area (Å²) in [5.74, 6) is 0.393. The van der Waals surface area contributed by atoms with Gasteiger partial charge < -0.3 is 16.2 Å². The van der Waals surface area contributed by atoms with Crippen LogP contribution < -0.4 is 11.1 Å². The Morgan fingerprint density at radius 2 is 2.24 bits per heavy atom. The van der Waals surface area contributed by atoms with Crippen molar-refractivity contribution in [2.45, 2.75) is 20.0 Å². The maximum atomic E-state index is 10.5. The second-order valence-electron chi connectivity index (χ2n) is 4.05. The predicted molar refractivity (Wildman–Crippen MR) is 64.6 cm³/mol. The Kier molecular flexibility index (Phi) is 4.22. The minimum absolute atomic E-state index is 0.123. The summed E-state index contributed by atoms with van der Waals surface area (Å²) in [5.41, 5.74) is 5.21. The van der Waals surface area contributed by atoms with E-state index in [1.54, 1.807) is 0 Å². The molecule has 0 aliphatic heterocycles. The molecule has 0 radical (unpaired) electrons. The van der Waals surface area contributed by atoms with E-state index >= 15 is 0 Å². The van der Waals surface area contributed by atoms with Crippen molar-refractivity contribution in [2.24, 2.45) is 5.92 Å². The van der Waals surface area contributed by atoms with Gasteiger partial charge in [-0.15, -0.1) is 0 Å². The number of hydrogen-bond acceptors (Lipinski definition) is 6. The first-order chi connectivity index (χ1) is 7.91. The summed E-state index contributed by atoms with van der Waals surface area (Å²) in [4.78, 5) is 13.8. The highest BCUT2D eigenvalue weighted by molar-refractivity contribution is 5.57. The van der Waals surface area contributed by atoms with Crippen LogP contribution in [0.15, 0.2) is 12.1 Å². The summed E-state index contributed by atoms with van der Waals surface area (Å²) < 4.78 is 0. The Labute approximate surface area is 98.8 Å². The molecular formula is C10H16N4O3. The van der Waals surface area contributed by atoms with Crippen molar-refractivity contribution >= 4 is 17.3 Å². The molecule has 1 heterocycles.